The van der Waals surface area contributed by atoms with E-state index in [1.165, 1.54) is 38.9 Å². The molecule has 5 rings (SSSR count). The van der Waals surface area contributed by atoms with Crippen LogP contribution >= 0.6 is 0 Å². The van der Waals surface area contributed by atoms with Gasteiger partial charge in [-0.3, -0.25) is 0 Å². The van der Waals surface area contributed by atoms with E-state index in [9.17, 15) is 0 Å². The number of benzene rings is 1. The first-order chi connectivity index (χ1) is 16.7. The number of hydrogen-bond donors (Lipinski definition) is 1. The van der Waals surface area contributed by atoms with Crippen molar-refractivity contribution >= 4 is 16.9 Å². The van der Waals surface area contributed by atoms with E-state index >= 15 is 0 Å². The Morgan fingerprint density at radius 2 is 1.94 bits per heavy atom. The van der Waals surface area contributed by atoms with Crippen LogP contribution < -0.4 is 10.5 Å². The molecule has 2 fully saturated rings. The summed E-state index contributed by atoms with van der Waals surface area (Å²) in [6.45, 7) is 9.21. The zero-order chi connectivity index (χ0) is 23.5. The first-order valence-electron chi connectivity index (χ1n) is 12.8. The number of ether oxygens (including phenoxy) is 2. The molecule has 2 N–H and O–H groups in total. The molecule has 1 aliphatic carbocycles. The van der Waals surface area contributed by atoms with Gasteiger partial charge in [-0.1, -0.05) is 26.0 Å². The molecule has 1 aliphatic heterocycles. The number of nitrogens with two attached hydrogens (primary N) is 1. The van der Waals surface area contributed by atoms with Crippen LogP contribution in [0.15, 0.2) is 36.8 Å². The van der Waals surface area contributed by atoms with Crippen LogP contribution in [0, 0.1) is 5.92 Å². The Morgan fingerprint density at radius 3 is 2.68 bits per heavy atom. The van der Waals surface area contributed by atoms with Crippen LogP contribution in [0.4, 0.5) is 5.82 Å². The summed E-state index contributed by atoms with van der Waals surface area (Å²) in [7, 11) is 0. The number of fused-ring (bicyclic) bond motifs is 1. The fourth-order valence-corrected chi connectivity index (χ4v) is 5.26. The molecule has 7 nitrogen and oxygen atoms in total. The molecular formula is C27H37N5O2. The van der Waals surface area contributed by atoms with Crippen LogP contribution in [0.25, 0.3) is 22.2 Å². The number of rotatable bonds is 11. The van der Waals surface area contributed by atoms with E-state index in [4.69, 9.17) is 15.2 Å². The lowest BCUT2D eigenvalue weighted by molar-refractivity contribution is 0.0296. The second-order valence-corrected chi connectivity index (χ2v) is 9.74. The van der Waals surface area contributed by atoms with Crippen LogP contribution in [-0.4, -0.2) is 58.4 Å². The summed E-state index contributed by atoms with van der Waals surface area (Å²) >= 11 is 0. The lowest BCUT2D eigenvalue weighted by atomic mass is 9.79. The third-order valence-corrected chi connectivity index (χ3v) is 7.47. The minimum atomic E-state index is 0.307. The van der Waals surface area contributed by atoms with E-state index in [1.54, 1.807) is 6.33 Å². The Kier molecular flexibility index (Phi) is 7.02. The Morgan fingerprint density at radius 1 is 1.12 bits per heavy atom. The molecule has 3 aromatic rings. The normalized spacial score (nSPS) is 20.4. The first-order valence-corrected chi connectivity index (χ1v) is 12.8. The van der Waals surface area contributed by atoms with Gasteiger partial charge in [0, 0.05) is 24.3 Å². The molecule has 0 atom stereocenters. The van der Waals surface area contributed by atoms with Crippen LogP contribution in [0.2, 0.25) is 0 Å². The van der Waals surface area contributed by atoms with Crippen LogP contribution in [0.5, 0.6) is 5.75 Å². The summed E-state index contributed by atoms with van der Waals surface area (Å²) in [5.41, 5.74) is 9.43. The summed E-state index contributed by atoms with van der Waals surface area (Å²) in [6, 6.07) is 8.68. The third kappa shape index (κ3) is 4.77. The summed E-state index contributed by atoms with van der Waals surface area (Å²) in [5, 5.41) is 0.933. The van der Waals surface area contributed by atoms with Crippen molar-refractivity contribution in [2.45, 2.75) is 58.1 Å². The number of anilines is 1. The van der Waals surface area contributed by atoms with E-state index in [0.717, 1.165) is 46.7 Å². The van der Waals surface area contributed by atoms with Gasteiger partial charge in [-0.25, -0.2) is 9.97 Å². The highest BCUT2D eigenvalue weighted by Gasteiger charge is 2.34. The molecule has 0 radical (unpaired) electrons. The predicted octanol–water partition coefficient (Wildman–Crippen LogP) is 4.92. The van der Waals surface area contributed by atoms with E-state index in [0.29, 0.717) is 31.2 Å². The number of nitrogens with zero attached hydrogens (tertiary/aromatic N) is 4. The predicted molar refractivity (Wildman–Crippen MR) is 136 cm³/mol. The van der Waals surface area contributed by atoms with Gasteiger partial charge in [0.25, 0.3) is 0 Å². The largest absolute Gasteiger partial charge is 0.491 e. The van der Waals surface area contributed by atoms with Crippen LogP contribution in [0.1, 0.15) is 52.0 Å². The molecule has 0 unspecified atom stereocenters. The molecule has 2 aromatic heterocycles. The van der Waals surface area contributed by atoms with E-state index < -0.39 is 0 Å². The summed E-state index contributed by atoms with van der Waals surface area (Å²) in [4.78, 5) is 11.5. The van der Waals surface area contributed by atoms with Gasteiger partial charge >= 0.3 is 0 Å². The summed E-state index contributed by atoms with van der Waals surface area (Å²) in [6.07, 6.45) is 9.90. The molecule has 34 heavy (non-hydrogen) atoms. The molecule has 1 saturated carbocycles. The van der Waals surface area contributed by atoms with Gasteiger partial charge in [0.15, 0.2) is 0 Å². The minimum absolute atomic E-state index is 0.307. The number of likely N-dealkylation sites (tertiary alicyclic amines) is 1. The smallest absolute Gasteiger partial charge is 0.146 e. The molecule has 182 valence electrons. The molecule has 1 saturated heterocycles. The molecule has 3 heterocycles. The van der Waals surface area contributed by atoms with Gasteiger partial charge in [-0.2, -0.15) is 0 Å². The van der Waals surface area contributed by atoms with Crippen molar-refractivity contribution in [1.82, 2.24) is 19.4 Å². The topological polar surface area (TPSA) is 78.4 Å². The Hall–Kier alpha value is -2.64. The monoisotopic (exact) mass is 463 g/mol. The van der Waals surface area contributed by atoms with Gasteiger partial charge in [0.2, 0.25) is 0 Å². The van der Waals surface area contributed by atoms with Crippen molar-refractivity contribution in [1.29, 1.82) is 0 Å². The molecule has 0 spiro atoms. The standard InChI is InChI=1S/C27H37N5O2/c1-3-22(4-2)33-11-12-34-23-8-5-7-20(15-23)24-17-32(27-25(24)26(28)29-18-30-27)21-13-19(14-21)16-31-9-6-10-31/h5,7-8,15,17-19,21-22H,3-4,6,9-14,16H2,1-2H3,(H2,28,29,30)/t19-,21+. The van der Waals surface area contributed by atoms with Crippen molar-refractivity contribution in [3.8, 4) is 16.9 Å². The molecule has 7 heteroatoms. The van der Waals surface area contributed by atoms with Gasteiger partial charge in [-0.05, 0) is 68.8 Å². The highest BCUT2D eigenvalue weighted by molar-refractivity contribution is 6.00. The average molecular weight is 464 g/mol. The maximum Gasteiger partial charge on any atom is 0.146 e. The molecule has 0 amide bonds. The first kappa shape index (κ1) is 23.1. The van der Waals surface area contributed by atoms with Crippen LogP contribution in [-0.2, 0) is 4.74 Å². The maximum absolute atomic E-state index is 6.36. The van der Waals surface area contributed by atoms with Gasteiger partial charge in [0.1, 0.15) is 30.1 Å². The van der Waals surface area contributed by atoms with E-state index in [-0.39, 0.29) is 0 Å². The fourth-order valence-electron chi connectivity index (χ4n) is 5.26. The van der Waals surface area contributed by atoms with Crippen molar-refractivity contribution in [2.24, 2.45) is 5.92 Å². The minimum Gasteiger partial charge on any atom is -0.491 e. The Labute approximate surface area is 202 Å². The quantitative estimate of drug-likeness (QED) is 0.407. The second kappa shape index (κ2) is 10.3. The van der Waals surface area contributed by atoms with Crippen molar-refractivity contribution in [2.75, 3.05) is 38.6 Å². The fraction of sp³-hybridized carbons (Fsp3) is 0.556. The highest BCUT2D eigenvalue weighted by Crippen LogP contribution is 2.43. The lowest BCUT2D eigenvalue weighted by Crippen LogP contribution is -2.43. The molecule has 1 aromatic carbocycles. The van der Waals surface area contributed by atoms with E-state index in [1.807, 2.05) is 12.1 Å². The average Bonchev–Trinajstić information content (AvgIpc) is 3.18. The molecule has 2 aliphatic rings. The van der Waals surface area contributed by atoms with Crippen LogP contribution in [0.3, 0.4) is 0 Å². The third-order valence-electron chi connectivity index (χ3n) is 7.47. The number of nitrogen functional groups attached to an aromatic ring is 1. The zero-order valence-corrected chi connectivity index (χ0v) is 20.4. The Bertz CT molecular complexity index is 1100. The summed E-state index contributed by atoms with van der Waals surface area (Å²) in [5.74, 6) is 2.14. The van der Waals surface area contributed by atoms with E-state index in [2.05, 4.69) is 51.6 Å². The van der Waals surface area contributed by atoms with Gasteiger partial charge < -0.3 is 24.7 Å². The Balaban J connectivity index is 1.32. The highest BCUT2D eigenvalue weighted by atomic mass is 16.5. The SMILES string of the molecule is CCC(CC)OCCOc1cccc(-c2cn([C@H]3C[C@@H](CN4CCC4)C3)c3ncnc(N)c23)c1. The van der Waals surface area contributed by atoms with Crippen molar-refractivity contribution < 1.29 is 9.47 Å². The maximum atomic E-state index is 6.36. The second-order valence-electron chi connectivity index (χ2n) is 9.74. The lowest BCUT2D eigenvalue weighted by Gasteiger charge is -2.42. The molecular weight excluding hydrogens is 426 g/mol. The van der Waals surface area contributed by atoms with Gasteiger partial charge in [-0.15, -0.1) is 0 Å². The number of hydrogen-bond acceptors (Lipinski definition) is 6. The molecule has 0 bridgehead atoms. The zero-order valence-electron chi connectivity index (χ0n) is 20.4. The van der Waals surface area contributed by atoms with Crippen molar-refractivity contribution in [3.63, 3.8) is 0 Å². The summed E-state index contributed by atoms with van der Waals surface area (Å²) < 4.78 is 14.2. The van der Waals surface area contributed by atoms with Gasteiger partial charge in [0.05, 0.1) is 18.1 Å². The van der Waals surface area contributed by atoms with Crippen molar-refractivity contribution in [3.05, 3.63) is 36.8 Å². The number of aromatic nitrogens is 3.